The van der Waals surface area contributed by atoms with E-state index in [2.05, 4.69) is 70.2 Å². The standard InChI is InChI=1S/C36H45N7O4/c1-24-28(30-14-12-26(35(2,3)4)18-25(30)20-39-40-23-45)10-8-11-29(24)31-19-32(34(46)43(7)42-31)41-33-15-13-27(21-38-33)47-36(5,6)22-37-16-9-17-44/h8,10-15,18-21,23,37,44H,9,16-17,22H2,1-7H3,(H,38,41)(H,40,45)/b39-20-. The second-order valence-corrected chi connectivity index (χ2v) is 13.0. The largest absolute Gasteiger partial charge is 0.485 e. The van der Waals surface area contributed by atoms with Gasteiger partial charge in [0.25, 0.3) is 5.56 Å². The van der Waals surface area contributed by atoms with Gasteiger partial charge in [-0.15, -0.1) is 0 Å². The average molecular weight is 640 g/mol. The molecule has 1 amide bonds. The number of hydrogen-bond donors (Lipinski definition) is 4. The fourth-order valence-electron chi connectivity index (χ4n) is 5.15. The number of carbonyl (C=O) groups excluding carboxylic acids is 1. The molecule has 0 unspecified atom stereocenters. The van der Waals surface area contributed by atoms with Gasteiger partial charge in [-0.1, -0.05) is 51.1 Å². The van der Waals surface area contributed by atoms with E-state index in [4.69, 9.17) is 9.84 Å². The van der Waals surface area contributed by atoms with Crippen molar-refractivity contribution in [2.24, 2.45) is 12.1 Å². The van der Waals surface area contributed by atoms with Gasteiger partial charge in [0.05, 0.1) is 18.1 Å². The number of nitrogens with one attached hydrogen (secondary N) is 3. The number of pyridine rings is 1. The van der Waals surface area contributed by atoms with Crippen molar-refractivity contribution in [2.75, 3.05) is 25.0 Å². The number of ether oxygens (including phenoxy) is 1. The van der Waals surface area contributed by atoms with Gasteiger partial charge in [-0.2, -0.15) is 10.2 Å². The minimum absolute atomic E-state index is 0.0740. The Balaban J connectivity index is 1.63. The number of aryl methyl sites for hydroxylation is 1. The SMILES string of the molecule is Cc1c(-c2cc(Nc3ccc(OC(C)(C)CNCCCO)cn3)c(=O)n(C)n2)cccc1-c1ccc(C(C)(C)C)cc1/C=N\NC=O. The maximum atomic E-state index is 13.1. The van der Waals surface area contributed by atoms with Crippen LogP contribution in [0.5, 0.6) is 5.75 Å². The smallest absolute Gasteiger partial charge is 0.290 e. The molecule has 248 valence electrons. The summed E-state index contributed by atoms with van der Waals surface area (Å²) >= 11 is 0. The molecule has 2 aromatic heterocycles. The zero-order valence-corrected chi connectivity index (χ0v) is 28.2. The monoisotopic (exact) mass is 639 g/mol. The first-order chi connectivity index (χ1) is 22.3. The molecule has 0 aliphatic heterocycles. The quantitative estimate of drug-likeness (QED) is 0.0649. The van der Waals surface area contributed by atoms with Gasteiger partial charge < -0.3 is 20.5 Å². The van der Waals surface area contributed by atoms with Crippen LogP contribution in [0.15, 0.2) is 70.7 Å². The molecule has 0 aliphatic rings. The molecule has 0 atom stereocenters. The minimum Gasteiger partial charge on any atom is -0.485 e. The van der Waals surface area contributed by atoms with Crippen molar-refractivity contribution < 1.29 is 14.6 Å². The molecular formula is C36H45N7O4. The summed E-state index contributed by atoms with van der Waals surface area (Å²) in [6.45, 7) is 13.9. The van der Waals surface area contributed by atoms with Crippen molar-refractivity contribution in [3.05, 3.63) is 87.8 Å². The van der Waals surface area contributed by atoms with Crippen LogP contribution in [-0.2, 0) is 17.3 Å². The first kappa shape index (κ1) is 35.0. The van der Waals surface area contributed by atoms with Crippen molar-refractivity contribution in [1.82, 2.24) is 25.5 Å². The van der Waals surface area contributed by atoms with E-state index >= 15 is 0 Å². The molecule has 0 fully saturated rings. The van der Waals surface area contributed by atoms with Gasteiger partial charge in [-0.05, 0) is 85.7 Å². The number of anilines is 2. The third kappa shape index (κ3) is 9.11. The summed E-state index contributed by atoms with van der Waals surface area (Å²) in [5.74, 6) is 1.09. The van der Waals surface area contributed by atoms with E-state index in [0.717, 1.165) is 33.4 Å². The Kier molecular flexibility index (Phi) is 11.3. The number of aromatic nitrogens is 3. The molecule has 0 saturated heterocycles. The highest BCUT2D eigenvalue weighted by Crippen LogP contribution is 2.35. The van der Waals surface area contributed by atoms with Crippen LogP contribution >= 0.6 is 0 Å². The molecule has 2 aromatic carbocycles. The highest BCUT2D eigenvalue weighted by atomic mass is 16.5. The highest BCUT2D eigenvalue weighted by Gasteiger charge is 2.20. The number of benzene rings is 2. The number of hydrazone groups is 1. The molecule has 0 spiro atoms. The topological polar surface area (TPSA) is 143 Å². The first-order valence-electron chi connectivity index (χ1n) is 15.6. The number of carbonyl (C=O) groups is 1. The Labute approximate surface area is 276 Å². The fourth-order valence-corrected chi connectivity index (χ4v) is 5.15. The fraction of sp³-hybridized carbons (Fsp3) is 0.361. The molecule has 0 bridgehead atoms. The van der Waals surface area contributed by atoms with Gasteiger partial charge in [0.2, 0.25) is 6.41 Å². The summed E-state index contributed by atoms with van der Waals surface area (Å²) in [4.78, 5) is 28.5. The summed E-state index contributed by atoms with van der Waals surface area (Å²) in [7, 11) is 1.62. The number of amides is 1. The van der Waals surface area contributed by atoms with Crippen LogP contribution in [0.1, 0.15) is 57.7 Å². The van der Waals surface area contributed by atoms with Gasteiger partial charge in [0.15, 0.2) is 0 Å². The highest BCUT2D eigenvalue weighted by molar-refractivity contribution is 5.93. The van der Waals surface area contributed by atoms with E-state index in [9.17, 15) is 9.59 Å². The van der Waals surface area contributed by atoms with Crippen LogP contribution in [0, 0.1) is 6.92 Å². The summed E-state index contributed by atoms with van der Waals surface area (Å²) < 4.78 is 7.42. The second-order valence-electron chi connectivity index (χ2n) is 13.0. The second kappa shape index (κ2) is 15.1. The van der Waals surface area contributed by atoms with E-state index in [0.29, 0.717) is 48.9 Å². The van der Waals surface area contributed by atoms with Gasteiger partial charge in [-0.25, -0.2) is 15.1 Å². The van der Waals surface area contributed by atoms with E-state index in [1.165, 1.54) is 4.68 Å². The van der Waals surface area contributed by atoms with Gasteiger partial charge in [0, 0.05) is 31.3 Å². The minimum atomic E-state index is -0.483. The molecule has 4 N–H and O–H groups in total. The Hall–Kier alpha value is -4.87. The van der Waals surface area contributed by atoms with Crippen LogP contribution in [0.3, 0.4) is 0 Å². The Morgan fingerprint density at radius 2 is 1.79 bits per heavy atom. The number of aliphatic hydroxyl groups is 1. The zero-order valence-electron chi connectivity index (χ0n) is 28.2. The van der Waals surface area contributed by atoms with E-state index in [1.54, 1.807) is 37.7 Å². The third-order valence-corrected chi connectivity index (χ3v) is 7.67. The number of hydrogen-bond acceptors (Lipinski definition) is 9. The van der Waals surface area contributed by atoms with E-state index in [-0.39, 0.29) is 17.6 Å². The third-order valence-electron chi connectivity index (χ3n) is 7.67. The Morgan fingerprint density at radius 1 is 1.02 bits per heavy atom. The molecule has 0 aliphatic carbocycles. The molecule has 11 heteroatoms. The first-order valence-corrected chi connectivity index (χ1v) is 15.6. The van der Waals surface area contributed by atoms with Crippen LogP contribution in [0.2, 0.25) is 0 Å². The molecule has 11 nitrogen and oxygen atoms in total. The van der Waals surface area contributed by atoms with Gasteiger partial charge in [0.1, 0.15) is 22.9 Å². The number of aliphatic hydroxyl groups excluding tert-OH is 1. The Bertz CT molecular complexity index is 1770. The molecule has 0 saturated carbocycles. The number of rotatable bonds is 14. The lowest BCUT2D eigenvalue weighted by molar-refractivity contribution is -0.109. The van der Waals surface area contributed by atoms with Crippen molar-refractivity contribution in [3.8, 4) is 28.1 Å². The van der Waals surface area contributed by atoms with Crippen LogP contribution in [0.25, 0.3) is 22.4 Å². The van der Waals surface area contributed by atoms with Crippen LogP contribution < -0.4 is 26.4 Å². The molecule has 47 heavy (non-hydrogen) atoms. The predicted octanol–water partition coefficient (Wildman–Crippen LogP) is 5.07. The lowest BCUT2D eigenvalue weighted by atomic mass is 9.83. The van der Waals surface area contributed by atoms with Crippen molar-refractivity contribution in [1.29, 1.82) is 0 Å². The summed E-state index contributed by atoms with van der Waals surface area (Å²) in [5.41, 5.74) is 8.23. The van der Waals surface area contributed by atoms with Crippen LogP contribution in [0.4, 0.5) is 11.5 Å². The molecule has 2 heterocycles. The average Bonchev–Trinajstić information content (AvgIpc) is 3.02. The molecular weight excluding hydrogens is 594 g/mol. The predicted molar refractivity (Wildman–Crippen MR) is 187 cm³/mol. The lowest BCUT2D eigenvalue weighted by Gasteiger charge is -2.26. The normalized spacial score (nSPS) is 11.9. The molecule has 0 radical (unpaired) electrons. The zero-order chi connectivity index (χ0) is 34.2. The van der Waals surface area contributed by atoms with Crippen molar-refractivity contribution in [3.63, 3.8) is 0 Å². The van der Waals surface area contributed by atoms with Gasteiger partial charge in [-0.3, -0.25) is 9.59 Å². The van der Waals surface area contributed by atoms with Crippen molar-refractivity contribution >= 4 is 24.1 Å². The van der Waals surface area contributed by atoms with Crippen molar-refractivity contribution in [2.45, 2.75) is 59.0 Å². The lowest BCUT2D eigenvalue weighted by Crippen LogP contribution is -2.40. The van der Waals surface area contributed by atoms with Gasteiger partial charge >= 0.3 is 0 Å². The summed E-state index contributed by atoms with van der Waals surface area (Å²) in [6.07, 6.45) is 4.49. The molecule has 4 aromatic rings. The van der Waals surface area contributed by atoms with E-state index < -0.39 is 5.60 Å². The maximum Gasteiger partial charge on any atom is 0.290 e. The maximum absolute atomic E-state index is 13.1. The molecule has 4 rings (SSSR count). The summed E-state index contributed by atoms with van der Waals surface area (Å²) in [5, 5.41) is 24.1. The van der Waals surface area contributed by atoms with Crippen LogP contribution in [-0.4, -0.2) is 57.8 Å². The van der Waals surface area contributed by atoms with E-state index in [1.807, 2.05) is 39.0 Å². The summed E-state index contributed by atoms with van der Waals surface area (Å²) in [6, 6.07) is 17.6. The number of nitrogens with zero attached hydrogens (tertiary/aromatic N) is 4. The Morgan fingerprint density at radius 3 is 2.47 bits per heavy atom.